The number of morpholine rings is 1. The van der Waals surface area contributed by atoms with Gasteiger partial charge in [-0.2, -0.15) is 9.97 Å². The summed E-state index contributed by atoms with van der Waals surface area (Å²) in [7, 11) is 1.36. The molecule has 1 saturated heterocycles. The zero-order chi connectivity index (χ0) is 30.9. The number of ether oxygens (including phenoxy) is 3. The van der Waals surface area contributed by atoms with E-state index in [1.807, 2.05) is 43.0 Å². The lowest BCUT2D eigenvalue weighted by molar-refractivity contribution is -0.140. The van der Waals surface area contributed by atoms with Crippen molar-refractivity contribution in [1.29, 1.82) is 0 Å². The lowest BCUT2D eigenvalue weighted by Crippen LogP contribution is -2.49. The molecule has 1 aliphatic heterocycles. The number of nitrogen functional groups attached to an aromatic ring is 1. The van der Waals surface area contributed by atoms with E-state index < -0.39 is 0 Å². The number of nitrogens with two attached hydrogens (primary N) is 1. The normalized spacial score (nSPS) is 17.2. The average molecular weight is 598 g/mol. The van der Waals surface area contributed by atoms with Crippen LogP contribution in [0.4, 0.5) is 5.82 Å². The number of hydrogen-bond acceptors (Lipinski definition) is 10. The summed E-state index contributed by atoms with van der Waals surface area (Å²) in [5, 5.41) is 0. The summed E-state index contributed by atoms with van der Waals surface area (Å²) in [5.74, 6) is -0.170. The number of nitrogens with one attached hydrogen (secondary N) is 1. The number of benzene rings is 1. The van der Waals surface area contributed by atoms with Crippen LogP contribution >= 0.6 is 0 Å². The minimum Gasteiger partial charge on any atom is -0.469 e. The van der Waals surface area contributed by atoms with Crippen LogP contribution in [0.3, 0.4) is 0 Å². The molecule has 0 spiro atoms. The van der Waals surface area contributed by atoms with Crippen LogP contribution in [0.1, 0.15) is 51.2 Å². The van der Waals surface area contributed by atoms with Gasteiger partial charge in [0.05, 0.1) is 38.9 Å². The minimum atomic E-state index is -0.350. The molecular weight excluding hydrogens is 554 g/mol. The third kappa shape index (κ3) is 8.77. The van der Waals surface area contributed by atoms with Gasteiger partial charge in [-0.15, -0.1) is 0 Å². The second-order valence-corrected chi connectivity index (χ2v) is 11.1. The number of H-pyrrole nitrogens is 1. The molecule has 0 saturated carbocycles. The summed E-state index contributed by atoms with van der Waals surface area (Å²) in [6.45, 7) is 9.29. The Bertz CT molecular complexity index is 1430. The zero-order valence-corrected chi connectivity index (χ0v) is 25.5. The average Bonchev–Trinajstić information content (AvgIpc) is 3.28. The number of rotatable bonds is 14. The number of unbranched alkanes of at least 4 members (excludes halogenated alkanes) is 1. The maximum atomic E-state index is 13.6. The van der Waals surface area contributed by atoms with Crippen molar-refractivity contribution in [2.24, 2.45) is 0 Å². The second kappa shape index (κ2) is 15.0. The quantitative estimate of drug-likeness (QED) is 0.208. The van der Waals surface area contributed by atoms with E-state index in [-0.39, 0.29) is 54.6 Å². The predicted molar refractivity (Wildman–Crippen MR) is 162 cm³/mol. The number of anilines is 1. The van der Waals surface area contributed by atoms with Crippen LogP contribution in [0.2, 0.25) is 0 Å². The molecule has 2 aromatic heterocycles. The lowest BCUT2D eigenvalue weighted by atomic mass is 10.1. The van der Waals surface area contributed by atoms with Crippen molar-refractivity contribution in [2.75, 3.05) is 45.6 Å². The fraction of sp³-hybridized carbons (Fsp3) is 0.567. The Kier molecular flexibility index (Phi) is 11.1. The van der Waals surface area contributed by atoms with Gasteiger partial charge in [0.2, 0.25) is 5.91 Å². The summed E-state index contributed by atoms with van der Waals surface area (Å²) in [6, 6.07) is 7.71. The number of esters is 1. The first-order valence-corrected chi connectivity index (χ1v) is 14.9. The van der Waals surface area contributed by atoms with Crippen LogP contribution in [0.15, 0.2) is 29.1 Å². The molecule has 234 valence electrons. The molecule has 0 radical (unpaired) electrons. The van der Waals surface area contributed by atoms with Gasteiger partial charge < -0.3 is 29.8 Å². The topological polar surface area (TPSA) is 158 Å². The molecule has 2 atom stereocenters. The SMILES string of the molecule is CCCCOc1nc(N)c2[nH]c(=O)n(CCCN(Cc3ccc(CC(=O)OC)cc3)C(=O)CN3CC(C)OC(C)C3)c2n1. The van der Waals surface area contributed by atoms with Crippen LogP contribution in [-0.2, 0) is 38.6 Å². The monoisotopic (exact) mass is 597 g/mol. The number of carbonyl (C=O) groups excluding carboxylic acids is 2. The van der Waals surface area contributed by atoms with Gasteiger partial charge in [-0.25, -0.2) is 4.79 Å². The number of amides is 1. The molecule has 3 N–H and O–H groups in total. The van der Waals surface area contributed by atoms with Crippen molar-refractivity contribution in [1.82, 2.24) is 29.3 Å². The smallest absolute Gasteiger partial charge is 0.327 e. The maximum absolute atomic E-state index is 13.6. The first kappa shape index (κ1) is 32.0. The van der Waals surface area contributed by atoms with E-state index in [2.05, 4.69) is 26.8 Å². The lowest BCUT2D eigenvalue weighted by Gasteiger charge is -2.36. The number of fused-ring (bicyclic) bond motifs is 1. The number of aromatic nitrogens is 4. The van der Waals surface area contributed by atoms with Gasteiger partial charge in [0.15, 0.2) is 11.5 Å². The number of aryl methyl sites for hydroxylation is 1. The Labute approximate surface area is 251 Å². The molecule has 1 amide bonds. The van der Waals surface area contributed by atoms with Crippen molar-refractivity contribution in [3.05, 3.63) is 45.9 Å². The molecule has 0 bridgehead atoms. The van der Waals surface area contributed by atoms with Crippen molar-refractivity contribution in [2.45, 2.75) is 71.8 Å². The molecular formula is C30H43N7O6. The van der Waals surface area contributed by atoms with Crippen LogP contribution in [-0.4, -0.2) is 93.3 Å². The van der Waals surface area contributed by atoms with Gasteiger partial charge in [-0.1, -0.05) is 37.6 Å². The van der Waals surface area contributed by atoms with Gasteiger partial charge in [-0.05, 0) is 37.8 Å². The fourth-order valence-electron chi connectivity index (χ4n) is 5.25. The Morgan fingerprint density at radius 2 is 1.81 bits per heavy atom. The highest BCUT2D eigenvalue weighted by Gasteiger charge is 2.26. The predicted octanol–water partition coefficient (Wildman–Crippen LogP) is 2.12. The van der Waals surface area contributed by atoms with Crippen LogP contribution in [0.25, 0.3) is 11.2 Å². The molecule has 1 fully saturated rings. The van der Waals surface area contributed by atoms with Crippen molar-refractivity contribution in [3.63, 3.8) is 0 Å². The van der Waals surface area contributed by atoms with E-state index in [9.17, 15) is 14.4 Å². The Hall–Kier alpha value is -3.97. The number of carbonyl (C=O) groups is 2. The van der Waals surface area contributed by atoms with Crippen molar-refractivity contribution < 1.29 is 23.8 Å². The highest BCUT2D eigenvalue weighted by molar-refractivity contribution is 5.82. The standard InChI is InChI=1S/C30H43N7O6/c1-5-6-14-42-29-33-27(31)26-28(34-29)37(30(40)32-26)13-7-12-36(24(38)19-35-16-20(2)43-21(3)17-35)18-23-10-8-22(9-11-23)15-25(39)41-4/h8-11,20-21H,5-7,12-19H2,1-4H3,(H,32,40)(H2,31,33,34). The van der Waals surface area contributed by atoms with Crippen molar-refractivity contribution in [3.8, 4) is 6.01 Å². The molecule has 1 aromatic carbocycles. The van der Waals surface area contributed by atoms with Crippen LogP contribution in [0, 0.1) is 0 Å². The third-order valence-corrected chi connectivity index (χ3v) is 7.35. The van der Waals surface area contributed by atoms with E-state index in [4.69, 9.17) is 19.9 Å². The van der Waals surface area contributed by atoms with Gasteiger partial charge >= 0.3 is 17.7 Å². The number of aromatic amines is 1. The van der Waals surface area contributed by atoms with E-state index >= 15 is 0 Å². The fourth-order valence-corrected chi connectivity index (χ4v) is 5.25. The van der Waals surface area contributed by atoms with E-state index in [0.717, 1.165) is 24.0 Å². The Morgan fingerprint density at radius 3 is 2.49 bits per heavy atom. The summed E-state index contributed by atoms with van der Waals surface area (Å²) in [6.07, 6.45) is 2.60. The summed E-state index contributed by atoms with van der Waals surface area (Å²) in [4.78, 5) is 53.4. The largest absolute Gasteiger partial charge is 0.469 e. The van der Waals surface area contributed by atoms with E-state index in [1.165, 1.54) is 11.7 Å². The molecule has 1 aliphatic rings. The molecule has 13 heteroatoms. The molecule has 3 aromatic rings. The summed E-state index contributed by atoms with van der Waals surface area (Å²) in [5.41, 5.74) is 8.25. The van der Waals surface area contributed by atoms with E-state index in [0.29, 0.717) is 56.9 Å². The van der Waals surface area contributed by atoms with Gasteiger partial charge in [0, 0.05) is 32.7 Å². The van der Waals surface area contributed by atoms with Gasteiger partial charge in [0.1, 0.15) is 5.52 Å². The molecule has 0 aliphatic carbocycles. The first-order valence-electron chi connectivity index (χ1n) is 14.9. The third-order valence-electron chi connectivity index (χ3n) is 7.35. The van der Waals surface area contributed by atoms with Crippen molar-refractivity contribution >= 4 is 28.9 Å². The summed E-state index contributed by atoms with van der Waals surface area (Å²) < 4.78 is 17.7. The highest BCUT2D eigenvalue weighted by Crippen LogP contribution is 2.19. The molecule has 3 heterocycles. The highest BCUT2D eigenvalue weighted by atomic mass is 16.5. The number of nitrogens with zero attached hydrogens (tertiary/aromatic N) is 5. The summed E-state index contributed by atoms with van der Waals surface area (Å²) >= 11 is 0. The maximum Gasteiger partial charge on any atom is 0.327 e. The van der Waals surface area contributed by atoms with E-state index in [1.54, 1.807) is 0 Å². The molecule has 4 rings (SSSR count). The number of hydrogen-bond donors (Lipinski definition) is 2. The minimum absolute atomic E-state index is 0.00982. The number of methoxy groups -OCH3 is 1. The van der Waals surface area contributed by atoms with Crippen LogP contribution < -0.4 is 16.2 Å². The zero-order valence-electron chi connectivity index (χ0n) is 25.5. The molecule has 2 unspecified atom stereocenters. The Balaban J connectivity index is 1.48. The Morgan fingerprint density at radius 1 is 1.12 bits per heavy atom. The molecule has 43 heavy (non-hydrogen) atoms. The first-order chi connectivity index (χ1) is 20.7. The second-order valence-electron chi connectivity index (χ2n) is 11.1. The van der Waals surface area contributed by atoms with Gasteiger partial charge in [-0.3, -0.25) is 19.1 Å². The van der Waals surface area contributed by atoms with Crippen LogP contribution in [0.5, 0.6) is 6.01 Å². The number of imidazole rings is 1. The molecule has 13 nitrogen and oxygen atoms in total. The van der Waals surface area contributed by atoms with Gasteiger partial charge in [0.25, 0.3) is 0 Å².